The lowest BCUT2D eigenvalue weighted by atomic mass is 9.77. The van der Waals surface area contributed by atoms with Crippen molar-refractivity contribution in [2.24, 2.45) is 5.41 Å². The van der Waals surface area contributed by atoms with Crippen molar-refractivity contribution in [3.8, 4) is 0 Å². The second-order valence-corrected chi connectivity index (χ2v) is 6.21. The highest BCUT2D eigenvalue weighted by atomic mass is 32.1. The number of nitrogens with one attached hydrogen (secondary N) is 1. The fourth-order valence-corrected chi connectivity index (χ4v) is 3.51. The molecule has 19 heavy (non-hydrogen) atoms. The minimum absolute atomic E-state index is 0.287. The minimum atomic E-state index is 0.287. The van der Waals surface area contributed by atoms with E-state index in [-0.39, 0.29) is 5.41 Å². The maximum Gasteiger partial charge on any atom is 0.0616 e. The molecule has 0 radical (unpaired) electrons. The highest BCUT2D eigenvalue weighted by Gasteiger charge is 2.40. The molecule has 1 fully saturated rings. The Morgan fingerprint density at radius 3 is 3.11 bits per heavy atom. The third-order valence-corrected chi connectivity index (χ3v) is 5.01. The van der Waals surface area contributed by atoms with E-state index in [1.807, 2.05) is 0 Å². The van der Waals surface area contributed by atoms with Crippen molar-refractivity contribution in [3.05, 3.63) is 22.4 Å². The van der Waals surface area contributed by atoms with Gasteiger partial charge in [-0.05, 0) is 48.6 Å². The first-order chi connectivity index (χ1) is 9.27. The molecular weight excluding hydrogens is 258 g/mol. The molecule has 2 rings (SSSR count). The van der Waals surface area contributed by atoms with E-state index in [1.54, 1.807) is 18.4 Å². The molecule has 0 amide bonds. The SMILES string of the molecule is COCCNCC1(CCc2ccsc2)CCOC1C. The molecule has 0 aliphatic carbocycles. The fourth-order valence-electron chi connectivity index (χ4n) is 2.81. The summed E-state index contributed by atoms with van der Waals surface area (Å²) in [5.41, 5.74) is 1.75. The fraction of sp³-hybridized carbons (Fsp3) is 0.733. The van der Waals surface area contributed by atoms with E-state index in [4.69, 9.17) is 9.47 Å². The zero-order valence-corrected chi connectivity index (χ0v) is 12.8. The van der Waals surface area contributed by atoms with Crippen molar-refractivity contribution < 1.29 is 9.47 Å². The Morgan fingerprint density at radius 1 is 1.58 bits per heavy atom. The molecule has 2 unspecified atom stereocenters. The lowest BCUT2D eigenvalue weighted by molar-refractivity contribution is 0.0576. The molecule has 0 spiro atoms. The Morgan fingerprint density at radius 2 is 2.47 bits per heavy atom. The van der Waals surface area contributed by atoms with Crippen LogP contribution in [0.3, 0.4) is 0 Å². The van der Waals surface area contributed by atoms with E-state index in [0.29, 0.717) is 6.10 Å². The third-order valence-electron chi connectivity index (χ3n) is 4.28. The molecule has 1 aromatic heterocycles. The van der Waals surface area contributed by atoms with Crippen molar-refractivity contribution >= 4 is 11.3 Å². The van der Waals surface area contributed by atoms with Crippen LogP contribution in [0.5, 0.6) is 0 Å². The Hall–Kier alpha value is -0.420. The van der Waals surface area contributed by atoms with Gasteiger partial charge in [-0.15, -0.1) is 0 Å². The van der Waals surface area contributed by atoms with Gasteiger partial charge >= 0.3 is 0 Å². The molecular formula is C15H25NO2S. The number of hydrogen-bond donors (Lipinski definition) is 1. The van der Waals surface area contributed by atoms with Gasteiger partial charge in [0.15, 0.2) is 0 Å². The summed E-state index contributed by atoms with van der Waals surface area (Å²) < 4.78 is 10.9. The first-order valence-electron chi connectivity index (χ1n) is 7.09. The topological polar surface area (TPSA) is 30.5 Å². The summed E-state index contributed by atoms with van der Waals surface area (Å²) in [5.74, 6) is 0. The number of hydrogen-bond acceptors (Lipinski definition) is 4. The van der Waals surface area contributed by atoms with Crippen LogP contribution in [-0.2, 0) is 15.9 Å². The van der Waals surface area contributed by atoms with Crippen molar-refractivity contribution in [1.82, 2.24) is 5.32 Å². The average Bonchev–Trinajstić information content (AvgIpc) is 3.04. The maximum absolute atomic E-state index is 5.83. The Labute approximate surface area is 120 Å². The van der Waals surface area contributed by atoms with Gasteiger partial charge in [-0.1, -0.05) is 0 Å². The van der Waals surface area contributed by atoms with Crippen LogP contribution in [0.4, 0.5) is 0 Å². The summed E-state index contributed by atoms with van der Waals surface area (Å²) in [4.78, 5) is 0. The molecule has 2 atom stereocenters. The summed E-state index contributed by atoms with van der Waals surface area (Å²) in [7, 11) is 1.75. The molecule has 1 saturated heterocycles. The molecule has 108 valence electrons. The van der Waals surface area contributed by atoms with Gasteiger partial charge in [-0.2, -0.15) is 11.3 Å². The van der Waals surface area contributed by atoms with Gasteiger partial charge in [-0.25, -0.2) is 0 Å². The predicted octanol–water partition coefficient (Wildman–Crippen LogP) is 2.71. The molecule has 0 aromatic carbocycles. The number of thiophene rings is 1. The first-order valence-corrected chi connectivity index (χ1v) is 8.03. The van der Waals surface area contributed by atoms with E-state index in [1.165, 1.54) is 12.0 Å². The molecule has 1 aliphatic heterocycles. The number of ether oxygens (including phenoxy) is 2. The van der Waals surface area contributed by atoms with Gasteiger partial charge in [0.05, 0.1) is 12.7 Å². The summed E-state index contributed by atoms with van der Waals surface area (Å²) in [6.07, 6.45) is 3.87. The van der Waals surface area contributed by atoms with Crippen LogP contribution in [-0.4, -0.2) is 39.5 Å². The van der Waals surface area contributed by atoms with Crippen molar-refractivity contribution in [2.45, 2.75) is 32.3 Å². The third kappa shape index (κ3) is 4.02. The summed E-state index contributed by atoms with van der Waals surface area (Å²) in [6.45, 7) is 5.84. The van der Waals surface area contributed by atoms with Gasteiger partial charge in [0, 0.05) is 32.2 Å². The zero-order chi connectivity index (χ0) is 13.6. The largest absolute Gasteiger partial charge is 0.383 e. The monoisotopic (exact) mass is 283 g/mol. The van der Waals surface area contributed by atoms with Gasteiger partial charge < -0.3 is 14.8 Å². The van der Waals surface area contributed by atoms with Gasteiger partial charge in [0.1, 0.15) is 0 Å². The lowest BCUT2D eigenvalue weighted by Crippen LogP contribution is -2.40. The predicted molar refractivity (Wildman–Crippen MR) is 79.8 cm³/mol. The van der Waals surface area contributed by atoms with Crippen LogP contribution in [0.2, 0.25) is 0 Å². The Bertz CT molecular complexity index is 355. The molecule has 1 aliphatic rings. The normalized spacial score (nSPS) is 26.9. The summed E-state index contributed by atoms with van der Waals surface area (Å²) in [6, 6.07) is 2.23. The van der Waals surface area contributed by atoms with Crippen molar-refractivity contribution in [2.75, 3.05) is 33.4 Å². The van der Waals surface area contributed by atoms with Crippen LogP contribution in [0.1, 0.15) is 25.3 Å². The summed E-state index contributed by atoms with van der Waals surface area (Å²) >= 11 is 1.78. The maximum atomic E-state index is 5.83. The van der Waals surface area contributed by atoms with E-state index < -0.39 is 0 Å². The Kier molecular flexibility index (Phi) is 5.82. The van der Waals surface area contributed by atoms with Crippen molar-refractivity contribution in [3.63, 3.8) is 0 Å². The smallest absolute Gasteiger partial charge is 0.0616 e. The van der Waals surface area contributed by atoms with Gasteiger partial charge in [-0.3, -0.25) is 0 Å². The van der Waals surface area contributed by atoms with Crippen LogP contribution in [0.15, 0.2) is 16.8 Å². The number of rotatable bonds is 8. The van der Waals surface area contributed by atoms with Crippen molar-refractivity contribution in [1.29, 1.82) is 0 Å². The highest BCUT2D eigenvalue weighted by molar-refractivity contribution is 7.07. The molecule has 4 heteroatoms. The van der Waals surface area contributed by atoms with Crippen LogP contribution < -0.4 is 5.32 Å². The average molecular weight is 283 g/mol. The van der Waals surface area contributed by atoms with Gasteiger partial charge in [0.25, 0.3) is 0 Å². The van der Waals surface area contributed by atoms with E-state index in [2.05, 4.69) is 29.1 Å². The van der Waals surface area contributed by atoms with Gasteiger partial charge in [0.2, 0.25) is 0 Å². The minimum Gasteiger partial charge on any atom is -0.383 e. The molecule has 1 aromatic rings. The lowest BCUT2D eigenvalue weighted by Gasteiger charge is -2.32. The zero-order valence-electron chi connectivity index (χ0n) is 12.0. The first kappa shape index (κ1) is 15.0. The molecule has 0 saturated carbocycles. The van der Waals surface area contributed by atoms with E-state index >= 15 is 0 Å². The van der Waals surface area contributed by atoms with E-state index in [9.17, 15) is 0 Å². The van der Waals surface area contributed by atoms with Crippen LogP contribution in [0.25, 0.3) is 0 Å². The second-order valence-electron chi connectivity index (χ2n) is 5.43. The van der Waals surface area contributed by atoms with Crippen LogP contribution in [0, 0.1) is 5.41 Å². The van der Waals surface area contributed by atoms with Crippen LogP contribution >= 0.6 is 11.3 Å². The standard InChI is InChI=1S/C15H25NO2S/c1-13-15(6-8-18-13,12-16-7-9-17-2)5-3-14-4-10-19-11-14/h4,10-11,13,16H,3,5-9,12H2,1-2H3. The second kappa shape index (κ2) is 7.39. The molecule has 0 bridgehead atoms. The van der Waals surface area contributed by atoms with E-state index in [0.717, 1.165) is 39.1 Å². The molecule has 1 N–H and O–H groups in total. The Balaban J connectivity index is 1.87. The molecule has 3 nitrogen and oxygen atoms in total. The molecule has 2 heterocycles. The highest BCUT2D eigenvalue weighted by Crippen LogP contribution is 2.38. The summed E-state index contributed by atoms with van der Waals surface area (Å²) in [5, 5.41) is 7.94. The quantitative estimate of drug-likeness (QED) is 0.744. The number of aryl methyl sites for hydroxylation is 1. The number of methoxy groups -OCH3 is 1.